The number of benzene rings is 2. The lowest BCUT2D eigenvalue weighted by Gasteiger charge is -2.26. The van der Waals surface area contributed by atoms with Gasteiger partial charge in [-0.1, -0.05) is 62.4 Å². The second-order valence-electron chi connectivity index (χ2n) is 7.71. The number of para-hydroxylation sites is 1. The van der Waals surface area contributed by atoms with Crippen molar-refractivity contribution in [2.45, 2.75) is 33.4 Å². The van der Waals surface area contributed by atoms with E-state index in [-0.39, 0.29) is 0 Å². The first-order valence-electron chi connectivity index (χ1n) is 9.55. The lowest BCUT2D eigenvalue weighted by atomic mass is 9.99. The van der Waals surface area contributed by atoms with E-state index in [0.29, 0.717) is 5.92 Å². The molecule has 2 rings (SSSR count). The average Bonchev–Trinajstić information content (AvgIpc) is 2.60. The van der Waals surface area contributed by atoms with Gasteiger partial charge in [-0.2, -0.15) is 0 Å². The average molecular weight is 355 g/mol. The third-order valence-corrected chi connectivity index (χ3v) is 4.52. The van der Waals surface area contributed by atoms with Crippen molar-refractivity contribution in [1.82, 2.24) is 9.80 Å². The summed E-state index contributed by atoms with van der Waals surface area (Å²) in [6.45, 7) is 8.43. The third-order valence-electron chi connectivity index (χ3n) is 4.52. The molecule has 26 heavy (non-hydrogen) atoms. The molecule has 0 aliphatic heterocycles. The molecule has 0 heterocycles. The molecule has 0 radical (unpaired) electrons. The molecular formula is C23H34N2O. The summed E-state index contributed by atoms with van der Waals surface area (Å²) >= 11 is 0. The van der Waals surface area contributed by atoms with E-state index in [4.69, 9.17) is 4.74 Å². The van der Waals surface area contributed by atoms with Crippen LogP contribution in [-0.2, 0) is 19.5 Å². The number of hydrogen-bond donors (Lipinski definition) is 0. The van der Waals surface area contributed by atoms with Crippen LogP contribution in [0.5, 0.6) is 5.75 Å². The van der Waals surface area contributed by atoms with Crippen LogP contribution in [0.2, 0.25) is 0 Å². The van der Waals surface area contributed by atoms with Crippen molar-refractivity contribution in [3.63, 3.8) is 0 Å². The Kier molecular flexibility index (Phi) is 8.14. The van der Waals surface area contributed by atoms with E-state index in [0.717, 1.165) is 38.3 Å². The van der Waals surface area contributed by atoms with Crippen LogP contribution in [0.15, 0.2) is 48.5 Å². The summed E-state index contributed by atoms with van der Waals surface area (Å²) < 4.78 is 5.82. The van der Waals surface area contributed by atoms with Gasteiger partial charge in [0.25, 0.3) is 0 Å². The molecule has 0 fully saturated rings. The Labute approximate surface area is 159 Å². The van der Waals surface area contributed by atoms with Crippen LogP contribution in [0.1, 0.15) is 30.5 Å². The van der Waals surface area contributed by atoms with E-state index in [9.17, 15) is 0 Å². The zero-order chi connectivity index (χ0) is 18.9. The topological polar surface area (TPSA) is 15.7 Å². The highest BCUT2D eigenvalue weighted by Crippen LogP contribution is 2.27. The van der Waals surface area contributed by atoms with Gasteiger partial charge >= 0.3 is 0 Å². The maximum atomic E-state index is 5.82. The quantitative estimate of drug-likeness (QED) is 0.626. The predicted octanol–water partition coefficient (Wildman–Crippen LogP) is 4.46. The number of ether oxygens (including phenoxy) is 1. The molecule has 0 amide bonds. The minimum absolute atomic E-state index is 0.619. The molecule has 0 unspecified atom stereocenters. The summed E-state index contributed by atoms with van der Waals surface area (Å²) in [5, 5.41) is 0. The molecule has 0 atom stereocenters. The van der Waals surface area contributed by atoms with Crippen molar-refractivity contribution >= 4 is 0 Å². The first-order valence-corrected chi connectivity index (χ1v) is 9.55. The standard InChI is InChI=1S/C23H34N2O/c1-19(2)16-21-12-9-13-22(23(21)26-5)18-25(15-14-24(3)4)17-20-10-7-6-8-11-20/h6-13,19H,14-18H2,1-5H3. The molecule has 0 spiro atoms. The molecule has 0 aliphatic rings. The molecule has 0 N–H and O–H groups in total. The molecule has 3 nitrogen and oxygen atoms in total. The number of nitrogens with zero attached hydrogens (tertiary/aromatic N) is 2. The van der Waals surface area contributed by atoms with Gasteiger partial charge in [0.05, 0.1) is 7.11 Å². The maximum Gasteiger partial charge on any atom is 0.126 e. The molecule has 142 valence electrons. The largest absolute Gasteiger partial charge is 0.496 e. The summed E-state index contributed by atoms with van der Waals surface area (Å²) in [6, 6.07) is 17.3. The van der Waals surface area contributed by atoms with Gasteiger partial charge in [-0.15, -0.1) is 0 Å². The van der Waals surface area contributed by atoms with Crippen LogP contribution < -0.4 is 4.74 Å². The Morgan fingerprint density at radius 2 is 1.54 bits per heavy atom. The summed E-state index contributed by atoms with van der Waals surface area (Å²) in [5.74, 6) is 1.68. The van der Waals surface area contributed by atoms with Gasteiger partial charge in [0.15, 0.2) is 0 Å². The van der Waals surface area contributed by atoms with Gasteiger partial charge in [-0.05, 0) is 37.6 Å². The van der Waals surface area contributed by atoms with Gasteiger partial charge in [-0.3, -0.25) is 4.90 Å². The Morgan fingerprint density at radius 3 is 2.15 bits per heavy atom. The van der Waals surface area contributed by atoms with Crippen molar-refractivity contribution in [2.75, 3.05) is 34.3 Å². The fraction of sp³-hybridized carbons (Fsp3) is 0.478. The van der Waals surface area contributed by atoms with E-state index < -0.39 is 0 Å². The van der Waals surface area contributed by atoms with Crippen LogP contribution in [0.25, 0.3) is 0 Å². The van der Waals surface area contributed by atoms with Gasteiger partial charge < -0.3 is 9.64 Å². The monoisotopic (exact) mass is 354 g/mol. The van der Waals surface area contributed by atoms with Crippen molar-refractivity contribution in [3.05, 3.63) is 65.2 Å². The SMILES string of the molecule is COc1c(CC(C)C)cccc1CN(CCN(C)C)Cc1ccccc1. The molecule has 0 aliphatic carbocycles. The summed E-state index contributed by atoms with van der Waals surface area (Å²) in [5.41, 5.74) is 3.94. The minimum Gasteiger partial charge on any atom is -0.496 e. The number of rotatable bonds is 10. The maximum absolute atomic E-state index is 5.82. The number of likely N-dealkylation sites (N-methyl/N-ethyl adjacent to an activating group) is 1. The van der Waals surface area contributed by atoms with Crippen LogP contribution in [-0.4, -0.2) is 44.1 Å². The van der Waals surface area contributed by atoms with Crippen LogP contribution >= 0.6 is 0 Å². The summed E-state index contributed by atoms with van der Waals surface area (Å²) in [6.07, 6.45) is 1.05. The molecule has 0 saturated heterocycles. The zero-order valence-electron chi connectivity index (χ0n) is 17.0. The first kappa shape index (κ1) is 20.5. The zero-order valence-corrected chi connectivity index (χ0v) is 17.0. The van der Waals surface area contributed by atoms with Gasteiger partial charge in [-0.25, -0.2) is 0 Å². The summed E-state index contributed by atoms with van der Waals surface area (Å²) in [7, 11) is 6.05. The van der Waals surface area contributed by atoms with E-state index in [2.05, 4.69) is 86.3 Å². The smallest absolute Gasteiger partial charge is 0.126 e. The second-order valence-corrected chi connectivity index (χ2v) is 7.71. The molecular weight excluding hydrogens is 320 g/mol. The fourth-order valence-electron chi connectivity index (χ4n) is 3.26. The van der Waals surface area contributed by atoms with E-state index in [1.165, 1.54) is 16.7 Å². The minimum atomic E-state index is 0.619. The second kappa shape index (κ2) is 10.3. The van der Waals surface area contributed by atoms with Crippen LogP contribution in [0, 0.1) is 5.92 Å². The predicted molar refractivity (Wildman–Crippen MR) is 111 cm³/mol. The summed E-state index contributed by atoms with van der Waals surface area (Å²) in [4.78, 5) is 4.75. The van der Waals surface area contributed by atoms with Crippen molar-refractivity contribution < 1.29 is 4.74 Å². The number of hydrogen-bond acceptors (Lipinski definition) is 3. The van der Waals surface area contributed by atoms with Gasteiger partial charge in [0.2, 0.25) is 0 Å². The third kappa shape index (κ3) is 6.47. The van der Waals surface area contributed by atoms with E-state index in [1.54, 1.807) is 7.11 Å². The first-order chi connectivity index (χ1) is 12.5. The van der Waals surface area contributed by atoms with E-state index in [1.807, 2.05) is 0 Å². The lowest BCUT2D eigenvalue weighted by molar-refractivity contribution is 0.223. The Hall–Kier alpha value is -1.84. The normalized spacial score (nSPS) is 11.5. The Balaban J connectivity index is 2.20. The highest BCUT2D eigenvalue weighted by atomic mass is 16.5. The van der Waals surface area contributed by atoms with E-state index >= 15 is 0 Å². The van der Waals surface area contributed by atoms with Crippen LogP contribution in [0.3, 0.4) is 0 Å². The Bertz CT molecular complexity index is 653. The number of methoxy groups -OCH3 is 1. The molecule has 0 saturated carbocycles. The molecule has 2 aromatic carbocycles. The van der Waals surface area contributed by atoms with Gasteiger partial charge in [0.1, 0.15) is 5.75 Å². The molecule has 3 heteroatoms. The fourth-order valence-corrected chi connectivity index (χ4v) is 3.26. The molecule has 2 aromatic rings. The Morgan fingerprint density at radius 1 is 0.846 bits per heavy atom. The highest BCUT2D eigenvalue weighted by molar-refractivity contribution is 5.42. The molecule has 0 aromatic heterocycles. The highest BCUT2D eigenvalue weighted by Gasteiger charge is 2.14. The van der Waals surface area contributed by atoms with Crippen LogP contribution in [0.4, 0.5) is 0 Å². The van der Waals surface area contributed by atoms with Crippen molar-refractivity contribution in [1.29, 1.82) is 0 Å². The molecule has 0 bridgehead atoms. The van der Waals surface area contributed by atoms with Crippen molar-refractivity contribution in [3.8, 4) is 5.75 Å². The van der Waals surface area contributed by atoms with Crippen molar-refractivity contribution in [2.24, 2.45) is 5.92 Å². The van der Waals surface area contributed by atoms with Gasteiger partial charge in [0, 0.05) is 31.7 Å². The lowest BCUT2D eigenvalue weighted by Crippen LogP contribution is -2.31.